The van der Waals surface area contributed by atoms with Crippen LogP contribution >= 0.6 is 0 Å². The van der Waals surface area contributed by atoms with Crippen molar-refractivity contribution in [2.24, 2.45) is 5.10 Å². The van der Waals surface area contributed by atoms with Gasteiger partial charge in [-0.3, -0.25) is 10.3 Å². The summed E-state index contributed by atoms with van der Waals surface area (Å²) in [6, 6.07) is 12.3. The van der Waals surface area contributed by atoms with Gasteiger partial charge in [-0.1, -0.05) is 45.9 Å². The van der Waals surface area contributed by atoms with Gasteiger partial charge in [0.05, 0.1) is 30.8 Å². The van der Waals surface area contributed by atoms with Crippen LogP contribution in [0.25, 0.3) is 10.9 Å². The Balaban J connectivity index is 0.00000176. The van der Waals surface area contributed by atoms with E-state index in [1.807, 2.05) is 38.2 Å². The average molecular weight is 495 g/mol. The van der Waals surface area contributed by atoms with Crippen LogP contribution in [0, 0.1) is 0 Å². The fourth-order valence-corrected chi connectivity index (χ4v) is 4.18. The van der Waals surface area contributed by atoms with E-state index in [4.69, 9.17) is 14.5 Å². The van der Waals surface area contributed by atoms with Crippen LogP contribution in [0.15, 0.2) is 47.7 Å². The Kier molecular flexibility index (Phi) is 11.5. The zero-order chi connectivity index (χ0) is 25.6. The first-order valence-corrected chi connectivity index (χ1v) is 13.3. The van der Waals surface area contributed by atoms with E-state index in [0.29, 0.717) is 12.5 Å². The molecule has 0 radical (unpaired) electrons. The number of H-pyrrole nitrogens is 1. The van der Waals surface area contributed by atoms with Crippen molar-refractivity contribution >= 4 is 28.5 Å². The lowest BCUT2D eigenvalue weighted by molar-refractivity contribution is 0.0320. The minimum absolute atomic E-state index is 0.599. The van der Waals surface area contributed by atoms with E-state index in [1.54, 1.807) is 6.21 Å². The van der Waals surface area contributed by atoms with E-state index >= 15 is 0 Å². The first kappa shape index (κ1) is 27.5. The molecule has 1 fully saturated rings. The fraction of sp³-hybridized carbons (Fsp3) is 0.500. The summed E-state index contributed by atoms with van der Waals surface area (Å²) in [5, 5.41) is 5.57. The predicted octanol–water partition coefficient (Wildman–Crippen LogP) is 5.37. The van der Waals surface area contributed by atoms with Gasteiger partial charge >= 0.3 is 0 Å². The van der Waals surface area contributed by atoms with E-state index in [1.165, 1.54) is 0 Å². The van der Waals surface area contributed by atoms with Crippen LogP contribution in [0.1, 0.15) is 46.2 Å². The van der Waals surface area contributed by atoms with Crippen LogP contribution in [0.4, 0.5) is 11.4 Å². The molecule has 0 bridgehead atoms. The molecule has 8 heteroatoms. The summed E-state index contributed by atoms with van der Waals surface area (Å²) in [7, 11) is 0. The van der Waals surface area contributed by atoms with E-state index in [9.17, 15) is 0 Å². The standard InChI is InChI=1S/C26H36N6O2.C2H6/c1-3-9-32(10-4-2)22-17-21(19-28-30-25-20-27-24-8-6-5-7-23(24)25)29-26(18-22)34-16-13-31-11-14-33-15-12-31;1-2/h5-8,17-20,27,30H,3-4,9-16H2,1-2H3;1-2H3/b28-19+;. The zero-order valence-electron chi connectivity index (χ0n) is 22.3. The monoisotopic (exact) mass is 494 g/mol. The number of hydrogen-bond donors (Lipinski definition) is 2. The molecule has 0 atom stereocenters. The smallest absolute Gasteiger partial charge is 0.215 e. The van der Waals surface area contributed by atoms with Crippen molar-refractivity contribution in [3.63, 3.8) is 0 Å². The third kappa shape index (κ3) is 7.96. The molecule has 3 aromatic rings. The second kappa shape index (κ2) is 15.1. The molecule has 2 aromatic heterocycles. The maximum Gasteiger partial charge on any atom is 0.215 e. The Bertz CT molecular complexity index is 1060. The molecular formula is C28H42N6O2. The first-order valence-electron chi connectivity index (χ1n) is 13.3. The number of para-hydroxylation sites is 1. The largest absolute Gasteiger partial charge is 0.476 e. The summed E-state index contributed by atoms with van der Waals surface area (Å²) < 4.78 is 11.5. The predicted molar refractivity (Wildman–Crippen MR) is 151 cm³/mol. The third-order valence-corrected chi connectivity index (χ3v) is 5.89. The number of anilines is 2. The summed E-state index contributed by atoms with van der Waals surface area (Å²) in [4.78, 5) is 12.7. The van der Waals surface area contributed by atoms with Crippen molar-refractivity contribution in [3.8, 4) is 5.88 Å². The molecular weight excluding hydrogens is 452 g/mol. The lowest BCUT2D eigenvalue weighted by atomic mass is 10.2. The Morgan fingerprint density at radius 1 is 1.14 bits per heavy atom. The Hall–Kier alpha value is -3.10. The van der Waals surface area contributed by atoms with Gasteiger partial charge in [-0.2, -0.15) is 5.10 Å². The topological polar surface area (TPSA) is 78.0 Å². The highest BCUT2D eigenvalue weighted by Crippen LogP contribution is 2.23. The number of nitrogens with one attached hydrogen (secondary N) is 2. The minimum atomic E-state index is 0.599. The van der Waals surface area contributed by atoms with Gasteiger partial charge in [-0.15, -0.1) is 0 Å². The van der Waals surface area contributed by atoms with Gasteiger partial charge in [0.15, 0.2) is 0 Å². The van der Waals surface area contributed by atoms with E-state index in [2.05, 4.69) is 57.4 Å². The van der Waals surface area contributed by atoms with Gasteiger partial charge in [0.2, 0.25) is 5.88 Å². The van der Waals surface area contributed by atoms with E-state index in [-0.39, 0.29) is 0 Å². The quantitative estimate of drug-likeness (QED) is 0.260. The second-order valence-electron chi connectivity index (χ2n) is 8.50. The molecule has 4 rings (SSSR count). The number of benzene rings is 1. The molecule has 0 aliphatic carbocycles. The van der Waals surface area contributed by atoms with Crippen molar-refractivity contribution in [1.29, 1.82) is 0 Å². The number of rotatable bonds is 12. The van der Waals surface area contributed by atoms with Gasteiger partial charge in [0.25, 0.3) is 0 Å². The summed E-state index contributed by atoms with van der Waals surface area (Å²) in [6.45, 7) is 15.4. The number of hydrogen-bond acceptors (Lipinski definition) is 7. The number of aromatic amines is 1. The lowest BCUT2D eigenvalue weighted by Crippen LogP contribution is -2.38. The van der Waals surface area contributed by atoms with E-state index < -0.39 is 0 Å². The Labute approximate surface area is 215 Å². The summed E-state index contributed by atoms with van der Waals surface area (Å²) >= 11 is 0. The van der Waals surface area contributed by atoms with Crippen LogP contribution < -0.4 is 15.1 Å². The van der Waals surface area contributed by atoms with Crippen molar-refractivity contribution < 1.29 is 9.47 Å². The van der Waals surface area contributed by atoms with E-state index in [0.717, 1.165) is 86.8 Å². The average Bonchev–Trinajstić information content (AvgIpc) is 3.33. The SMILES string of the molecule is CC.CCCN(CCC)c1cc(/C=N/Nc2c[nH]c3ccccc23)nc(OCCN2CCOCC2)c1. The summed E-state index contributed by atoms with van der Waals surface area (Å²) in [5.41, 5.74) is 7.04. The number of nitrogens with zero attached hydrogens (tertiary/aromatic N) is 4. The minimum Gasteiger partial charge on any atom is -0.476 e. The maximum atomic E-state index is 6.10. The highest BCUT2D eigenvalue weighted by molar-refractivity contribution is 5.92. The molecule has 3 heterocycles. The van der Waals surface area contributed by atoms with Crippen molar-refractivity contribution in [2.75, 3.05) is 62.9 Å². The number of ether oxygens (including phenoxy) is 2. The van der Waals surface area contributed by atoms with Gasteiger partial charge in [-0.25, -0.2) is 4.98 Å². The summed E-state index contributed by atoms with van der Waals surface area (Å²) in [6.07, 6.45) is 5.86. The van der Waals surface area contributed by atoms with Crippen molar-refractivity contribution in [2.45, 2.75) is 40.5 Å². The molecule has 2 N–H and O–H groups in total. The van der Waals surface area contributed by atoms with Crippen LogP contribution in [0.5, 0.6) is 5.88 Å². The Morgan fingerprint density at radius 2 is 1.89 bits per heavy atom. The molecule has 0 saturated carbocycles. The van der Waals surface area contributed by atoms with Crippen molar-refractivity contribution in [3.05, 3.63) is 48.3 Å². The first-order chi connectivity index (χ1) is 17.8. The molecule has 1 saturated heterocycles. The fourth-order valence-electron chi connectivity index (χ4n) is 4.18. The highest BCUT2D eigenvalue weighted by atomic mass is 16.5. The number of fused-ring (bicyclic) bond motifs is 1. The maximum absolute atomic E-state index is 6.10. The lowest BCUT2D eigenvalue weighted by Gasteiger charge is -2.26. The Morgan fingerprint density at radius 3 is 2.64 bits per heavy atom. The second-order valence-corrected chi connectivity index (χ2v) is 8.50. The molecule has 1 aliphatic rings. The van der Waals surface area contributed by atoms with Crippen LogP contribution in [0.2, 0.25) is 0 Å². The molecule has 0 spiro atoms. The van der Waals surface area contributed by atoms with Crippen molar-refractivity contribution in [1.82, 2.24) is 14.9 Å². The normalized spacial score (nSPS) is 14.0. The van der Waals surface area contributed by atoms with Crippen LogP contribution in [-0.4, -0.2) is 73.6 Å². The molecule has 8 nitrogen and oxygen atoms in total. The van der Waals surface area contributed by atoms with Crippen LogP contribution in [-0.2, 0) is 4.74 Å². The molecule has 0 unspecified atom stereocenters. The molecule has 1 aliphatic heterocycles. The van der Waals surface area contributed by atoms with Gasteiger partial charge < -0.3 is 19.4 Å². The summed E-state index contributed by atoms with van der Waals surface area (Å²) in [5.74, 6) is 0.636. The number of hydrazone groups is 1. The highest BCUT2D eigenvalue weighted by Gasteiger charge is 2.12. The van der Waals surface area contributed by atoms with Gasteiger partial charge in [0.1, 0.15) is 6.61 Å². The van der Waals surface area contributed by atoms with Gasteiger partial charge in [0, 0.05) is 61.6 Å². The molecule has 196 valence electrons. The zero-order valence-corrected chi connectivity index (χ0v) is 22.3. The van der Waals surface area contributed by atoms with Crippen LogP contribution in [0.3, 0.4) is 0 Å². The molecule has 1 aromatic carbocycles. The van der Waals surface area contributed by atoms with Gasteiger partial charge in [-0.05, 0) is 25.0 Å². The third-order valence-electron chi connectivity index (χ3n) is 5.89. The molecule has 36 heavy (non-hydrogen) atoms. The molecule has 0 amide bonds. The number of pyridine rings is 1. The number of aromatic nitrogens is 2. The number of morpholine rings is 1.